The molecule has 0 bridgehead atoms. The summed E-state index contributed by atoms with van der Waals surface area (Å²) in [5, 5.41) is 0.875. The van der Waals surface area contributed by atoms with Gasteiger partial charge >= 0.3 is 0 Å². The number of allylic oxidation sites excluding steroid dienone is 1. The van der Waals surface area contributed by atoms with Crippen molar-refractivity contribution in [3.8, 4) is 0 Å². The van der Waals surface area contributed by atoms with Gasteiger partial charge in [-0.05, 0) is 24.6 Å². The Morgan fingerprint density at radius 1 is 1.62 bits per heavy atom. The minimum atomic E-state index is 0.644. The zero-order valence-corrected chi connectivity index (χ0v) is 9.61. The average Bonchev–Trinajstić information content (AvgIpc) is 2.68. The molecule has 0 fully saturated rings. The normalized spacial score (nSPS) is 12.0. The molecule has 0 atom stereocenters. The molecule has 2 aromatic rings. The lowest BCUT2D eigenvalue weighted by Crippen LogP contribution is -1.97. The SMILES string of the molecule is C/C(=C/Cl)Cn1cc(C=O)c2cccnc21. The lowest BCUT2D eigenvalue weighted by atomic mass is 10.2. The van der Waals surface area contributed by atoms with Gasteiger partial charge in [0.2, 0.25) is 0 Å². The van der Waals surface area contributed by atoms with Crippen molar-refractivity contribution in [1.29, 1.82) is 0 Å². The van der Waals surface area contributed by atoms with E-state index in [1.54, 1.807) is 12.4 Å². The van der Waals surface area contributed by atoms with E-state index >= 15 is 0 Å². The first kappa shape index (κ1) is 10.9. The number of carbonyl (C=O) groups excluding carboxylic acids is 1. The van der Waals surface area contributed by atoms with Crippen LogP contribution < -0.4 is 0 Å². The molecule has 0 amide bonds. The molecule has 0 aliphatic rings. The molecule has 0 radical (unpaired) electrons. The Morgan fingerprint density at radius 2 is 2.44 bits per heavy atom. The van der Waals surface area contributed by atoms with Crippen LogP contribution in [0, 0.1) is 0 Å². The third kappa shape index (κ3) is 1.86. The zero-order valence-electron chi connectivity index (χ0n) is 8.85. The quantitative estimate of drug-likeness (QED) is 0.766. The Morgan fingerprint density at radius 3 is 3.12 bits per heavy atom. The number of carbonyl (C=O) groups is 1. The van der Waals surface area contributed by atoms with Crippen LogP contribution in [0.3, 0.4) is 0 Å². The Hall–Kier alpha value is -1.61. The van der Waals surface area contributed by atoms with Gasteiger partial charge in [0.05, 0.1) is 0 Å². The van der Waals surface area contributed by atoms with E-state index < -0.39 is 0 Å². The Balaban J connectivity index is 2.57. The molecule has 2 aromatic heterocycles. The van der Waals surface area contributed by atoms with Crippen LogP contribution in [0.15, 0.2) is 35.6 Å². The Kier molecular flexibility index (Phi) is 3.06. The average molecular weight is 235 g/mol. The van der Waals surface area contributed by atoms with Crippen molar-refractivity contribution < 1.29 is 4.79 Å². The summed E-state index contributed by atoms with van der Waals surface area (Å²) in [7, 11) is 0. The van der Waals surface area contributed by atoms with Crippen LogP contribution in [0.25, 0.3) is 11.0 Å². The maximum absolute atomic E-state index is 10.9. The summed E-state index contributed by atoms with van der Waals surface area (Å²) < 4.78 is 1.92. The second-order valence-corrected chi connectivity index (χ2v) is 3.88. The highest BCUT2D eigenvalue weighted by molar-refractivity contribution is 6.25. The molecule has 0 saturated carbocycles. The van der Waals surface area contributed by atoms with Gasteiger partial charge in [0, 0.05) is 35.4 Å². The molecule has 0 aromatic carbocycles. The number of hydrogen-bond acceptors (Lipinski definition) is 2. The number of pyridine rings is 1. The van der Waals surface area contributed by atoms with E-state index in [1.807, 2.05) is 23.6 Å². The van der Waals surface area contributed by atoms with E-state index in [-0.39, 0.29) is 0 Å². The van der Waals surface area contributed by atoms with Crippen LogP contribution in [0.2, 0.25) is 0 Å². The van der Waals surface area contributed by atoms with E-state index in [9.17, 15) is 4.79 Å². The van der Waals surface area contributed by atoms with Gasteiger partial charge < -0.3 is 4.57 Å². The fourth-order valence-electron chi connectivity index (χ4n) is 1.67. The number of aldehydes is 1. The number of halogens is 1. The standard InChI is InChI=1S/C12H11ClN2O/c1-9(5-13)6-15-7-10(8-16)11-3-2-4-14-12(11)15/h2-5,7-8H,6H2,1H3/b9-5-. The summed E-state index contributed by atoms with van der Waals surface area (Å²) in [6.07, 6.45) is 4.36. The maximum atomic E-state index is 10.9. The van der Waals surface area contributed by atoms with Crippen molar-refractivity contribution in [3.05, 3.63) is 41.2 Å². The first-order chi connectivity index (χ1) is 7.76. The van der Waals surface area contributed by atoms with Crippen LogP contribution in [0.5, 0.6) is 0 Å². The van der Waals surface area contributed by atoms with Crippen LogP contribution in [0.1, 0.15) is 17.3 Å². The van der Waals surface area contributed by atoms with E-state index in [0.717, 1.165) is 22.9 Å². The van der Waals surface area contributed by atoms with Gasteiger partial charge in [-0.15, -0.1) is 0 Å². The lowest BCUT2D eigenvalue weighted by Gasteiger charge is -2.03. The van der Waals surface area contributed by atoms with Gasteiger partial charge in [-0.25, -0.2) is 4.98 Å². The summed E-state index contributed by atoms with van der Waals surface area (Å²) in [6, 6.07) is 3.71. The summed E-state index contributed by atoms with van der Waals surface area (Å²) in [4.78, 5) is 15.2. The van der Waals surface area contributed by atoms with E-state index in [1.165, 1.54) is 5.54 Å². The van der Waals surface area contributed by atoms with E-state index in [2.05, 4.69) is 4.98 Å². The van der Waals surface area contributed by atoms with Crippen LogP contribution in [-0.4, -0.2) is 15.8 Å². The molecule has 16 heavy (non-hydrogen) atoms. The Bertz CT molecular complexity index is 557. The maximum Gasteiger partial charge on any atom is 0.152 e. The van der Waals surface area contributed by atoms with E-state index in [4.69, 9.17) is 11.6 Å². The fourth-order valence-corrected chi connectivity index (χ4v) is 1.74. The van der Waals surface area contributed by atoms with Gasteiger partial charge in [-0.2, -0.15) is 0 Å². The van der Waals surface area contributed by atoms with Gasteiger partial charge in [0.25, 0.3) is 0 Å². The molecule has 0 saturated heterocycles. The first-order valence-corrected chi connectivity index (χ1v) is 5.35. The third-order valence-corrected chi connectivity index (χ3v) is 2.77. The highest BCUT2D eigenvalue weighted by Gasteiger charge is 2.08. The van der Waals surface area contributed by atoms with Crippen molar-refractivity contribution in [2.24, 2.45) is 0 Å². The summed E-state index contributed by atoms with van der Waals surface area (Å²) in [5.41, 5.74) is 4.02. The number of aromatic nitrogens is 2. The van der Waals surface area contributed by atoms with Crippen LogP contribution in [0.4, 0.5) is 0 Å². The Labute approximate surface area is 98.4 Å². The highest BCUT2D eigenvalue weighted by atomic mass is 35.5. The fraction of sp³-hybridized carbons (Fsp3) is 0.167. The molecule has 82 valence electrons. The van der Waals surface area contributed by atoms with Crippen molar-refractivity contribution >= 4 is 28.9 Å². The molecular formula is C12H11ClN2O. The largest absolute Gasteiger partial charge is 0.328 e. The van der Waals surface area contributed by atoms with Gasteiger partial charge in [-0.1, -0.05) is 11.6 Å². The second-order valence-electron chi connectivity index (χ2n) is 3.66. The molecule has 0 aliphatic heterocycles. The molecular weight excluding hydrogens is 224 g/mol. The molecule has 2 heterocycles. The van der Waals surface area contributed by atoms with Gasteiger partial charge in [0.1, 0.15) is 5.65 Å². The summed E-state index contributed by atoms with van der Waals surface area (Å²) >= 11 is 5.63. The number of nitrogens with zero attached hydrogens (tertiary/aromatic N) is 2. The smallest absolute Gasteiger partial charge is 0.152 e. The minimum Gasteiger partial charge on any atom is -0.328 e. The number of hydrogen-bond donors (Lipinski definition) is 0. The summed E-state index contributed by atoms with van der Waals surface area (Å²) in [6.45, 7) is 2.58. The topological polar surface area (TPSA) is 34.9 Å². The predicted octanol–water partition coefficient (Wildman–Crippen LogP) is 2.99. The molecule has 0 spiro atoms. The van der Waals surface area contributed by atoms with Crippen LogP contribution in [-0.2, 0) is 6.54 Å². The predicted molar refractivity (Wildman–Crippen MR) is 64.7 cm³/mol. The first-order valence-electron chi connectivity index (χ1n) is 4.91. The molecule has 0 aliphatic carbocycles. The molecule has 2 rings (SSSR count). The van der Waals surface area contributed by atoms with Crippen molar-refractivity contribution in [2.45, 2.75) is 13.5 Å². The molecule has 4 heteroatoms. The van der Waals surface area contributed by atoms with Crippen molar-refractivity contribution in [2.75, 3.05) is 0 Å². The third-order valence-electron chi connectivity index (χ3n) is 2.40. The van der Waals surface area contributed by atoms with Crippen LogP contribution >= 0.6 is 11.6 Å². The minimum absolute atomic E-state index is 0.644. The molecule has 0 N–H and O–H groups in total. The summed E-state index contributed by atoms with van der Waals surface area (Å²) in [5.74, 6) is 0. The van der Waals surface area contributed by atoms with Crippen molar-refractivity contribution in [1.82, 2.24) is 9.55 Å². The lowest BCUT2D eigenvalue weighted by molar-refractivity contribution is 0.112. The molecule has 3 nitrogen and oxygen atoms in total. The van der Waals surface area contributed by atoms with Crippen molar-refractivity contribution in [3.63, 3.8) is 0 Å². The van der Waals surface area contributed by atoms with E-state index in [0.29, 0.717) is 12.1 Å². The highest BCUT2D eigenvalue weighted by Crippen LogP contribution is 2.18. The second kappa shape index (κ2) is 4.49. The molecule has 0 unspecified atom stereocenters. The van der Waals surface area contributed by atoms with Gasteiger partial charge in [0.15, 0.2) is 6.29 Å². The number of fused-ring (bicyclic) bond motifs is 1. The monoisotopic (exact) mass is 234 g/mol. The zero-order chi connectivity index (χ0) is 11.5. The van der Waals surface area contributed by atoms with Gasteiger partial charge in [-0.3, -0.25) is 4.79 Å². The number of rotatable bonds is 3.